The van der Waals surface area contributed by atoms with Crippen LogP contribution in [0.2, 0.25) is 5.15 Å². The van der Waals surface area contributed by atoms with Crippen LogP contribution in [-0.2, 0) is 19.1 Å². The summed E-state index contributed by atoms with van der Waals surface area (Å²) in [6, 6.07) is 13.9. The van der Waals surface area contributed by atoms with Gasteiger partial charge in [0.2, 0.25) is 0 Å². The molecule has 206 valence electrons. The molecule has 1 aliphatic rings. The first-order chi connectivity index (χ1) is 19.9. The van der Waals surface area contributed by atoms with Crippen molar-refractivity contribution in [3.8, 4) is 11.3 Å². The van der Waals surface area contributed by atoms with E-state index in [1.807, 2.05) is 46.9 Å². The Labute approximate surface area is 240 Å². The molecule has 0 radical (unpaired) electrons. The maximum absolute atomic E-state index is 6.99. The molecular weight excluding hydrogens is 538 g/mol. The Kier molecular flexibility index (Phi) is 6.06. The van der Waals surface area contributed by atoms with Crippen LogP contribution in [0.4, 0.5) is 11.5 Å². The number of aryl methyl sites for hydroxylation is 1. The summed E-state index contributed by atoms with van der Waals surface area (Å²) in [5.74, 6) is 0.354. The number of halogens is 1. The Balaban J connectivity index is 1.32. The molecule has 4 N–H and O–H groups in total. The first-order valence-corrected chi connectivity index (χ1v) is 13.7. The van der Waals surface area contributed by atoms with Gasteiger partial charge < -0.3 is 25.5 Å². The Morgan fingerprint density at radius 2 is 1.93 bits per heavy atom. The van der Waals surface area contributed by atoms with Gasteiger partial charge in [-0.3, -0.25) is 4.98 Å². The van der Waals surface area contributed by atoms with Crippen LogP contribution in [0.3, 0.4) is 0 Å². The van der Waals surface area contributed by atoms with Crippen molar-refractivity contribution in [2.24, 2.45) is 12.8 Å². The van der Waals surface area contributed by atoms with E-state index in [4.69, 9.17) is 28.1 Å². The van der Waals surface area contributed by atoms with Gasteiger partial charge in [-0.2, -0.15) is 0 Å². The van der Waals surface area contributed by atoms with Gasteiger partial charge in [0.05, 0.1) is 59.0 Å². The molecule has 11 nitrogen and oxygen atoms in total. The summed E-state index contributed by atoms with van der Waals surface area (Å²) in [7, 11) is 1.99. The molecule has 41 heavy (non-hydrogen) atoms. The molecule has 5 aromatic heterocycles. The fraction of sp³-hybridized carbons (Fsp3) is 0.241. The van der Waals surface area contributed by atoms with Gasteiger partial charge in [0.15, 0.2) is 11.5 Å². The first kappa shape index (κ1) is 25.4. The van der Waals surface area contributed by atoms with Gasteiger partial charge >= 0.3 is 0 Å². The highest BCUT2D eigenvalue weighted by atomic mass is 35.5. The summed E-state index contributed by atoms with van der Waals surface area (Å²) >= 11 is 6.23. The molecule has 12 heteroatoms. The highest BCUT2D eigenvalue weighted by Gasteiger charge is 2.35. The Hall–Kier alpha value is -4.61. The minimum absolute atomic E-state index is 0.354. The number of piperidine rings is 1. The lowest BCUT2D eigenvalue weighted by Gasteiger charge is -2.41. The highest BCUT2D eigenvalue weighted by molar-refractivity contribution is 6.29. The average Bonchev–Trinajstić information content (AvgIpc) is 3.57. The first-order valence-electron chi connectivity index (χ1n) is 13.4. The zero-order valence-corrected chi connectivity index (χ0v) is 23.2. The van der Waals surface area contributed by atoms with Crippen molar-refractivity contribution in [2.75, 3.05) is 23.7 Å². The lowest BCUT2D eigenvalue weighted by Crippen LogP contribution is -2.52. The predicted molar refractivity (Wildman–Crippen MR) is 159 cm³/mol. The van der Waals surface area contributed by atoms with Crippen molar-refractivity contribution in [2.45, 2.75) is 24.9 Å². The molecule has 1 saturated heterocycles. The minimum Gasteiger partial charge on any atom is -0.382 e. The molecule has 0 aliphatic carbocycles. The van der Waals surface area contributed by atoms with E-state index in [1.165, 1.54) is 6.33 Å². The van der Waals surface area contributed by atoms with E-state index < -0.39 is 5.54 Å². The van der Waals surface area contributed by atoms with E-state index in [0.717, 1.165) is 58.6 Å². The molecule has 6 aromatic rings. The number of anilines is 2. The third-order valence-electron chi connectivity index (χ3n) is 7.85. The van der Waals surface area contributed by atoms with Crippen LogP contribution < -0.4 is 16.4 Å². The second kappa shape index (κ2) is 9.79. The van der Waals surface area contributed by atoms with Crippen LogP contribution in [-0.4, -0.2) is 52.1 Å². The summed E-state index contributed by atoms with van der Waals surface area (Å²) in [5, 5.41) is 0.440. The van der Waals surface area contributed by atoms with E-state index >= 15 is 0 Å². The Bertz CT molecular complexity index is 1910. The van der Waals surface area contributed by atoms with Crippen molar-refractivity contribution >= 4 is 45.3 Å². The number of aromatic nitrogens is 8. The third-order valence-corrected chi connectivity index (χ3v) is 8.06. The average molecular weight is 566 g/mol. The Morgan fingerprint density at radius 3 is 2.80 bits per heavy atom. The quantitative estimate of drug-likeness (QED) is 0.297. The van der Waals surface area contributed by atoms with E-state index in [-0.39, 0.29) is 0 Å². The van der Waals surface area contributed by atoms with E-state index in [2.05, 4.69) is 48.0 Å². The number of pyridine rings is 2. The van der Waals surface area contributed by atoms with Crippen LogP contribution >= 0.6 is 11.6 Å². The summed E-state index contributed by atoms with van der Waals surface area (Å²) in [4.78, 5) is 29.3. The molecule has 7 rings (SSSR count). The Morgan fingerprint density at radius 1 is 1.02 bits per heavy atom. The van der Waals surface area contributed by atoms with Crippen LogP contribution in [0.15, 0.2) is 67.6 Å². The van der Waals surface area contributed by atoms with Gasteiger partial charge in [-0.05, 0) is 48.7 Å². The van der Waals surface area contributed by atoms with Gasteiger partial charge in [-0.25, -0.2) is 24.9 Å². The van der Waals surface area contributed by atoms with E-state index in [1.54, 1.807) is 12.4 Å². The molecule has 1 aliphatic heterocycles. The summed E-state index contributed by atoms with van der Waals surface area (Å²) in [5.41, 5.74) is 20.4. The standard InChI is InChI=1S/C29H28ClN11/c1-39-16-36-20-7-6-18(11-22(20)39)21-10-19(13-41-17-37-26-27(31)34-15-35-28(26)41)23(12-33-21)40-9-3-8-29(32,14-40)24-4-2-5-25(30)38-24/h2,4-7,10-12,15-17H,3,8-9,13-14,32H2,1H3,(H2,31,34,35). The van der Waals surface area contributed by atoms with Gasteiger partial charge in [-0.1, -0.05) is 23.7 Å². The summed E-state index contributed by atoms with van der Waals surface area (Å²) in [6.45, 7) is 1.93. The van der Waals surface area contributed by atoms with Crippen LogP contribution in [0.5, 0.6) is 0 Å². The van der Waals surface area contributed by atoms with Crippen molar-refractivity contribution in [1.29, 1.82) is 0 Å². The number of nitrogens with two attached hydrogens (primary N) is 2. The number of nitrogen functional groups attached to an aromatic ring is 1. The number of imidazole rings is 2. The maximum Gasteiger partial charge on any atom is 0.165 e. The van der Waals surface area contributed by atoms with E-state index in [0.29, 0.717) is 35.2 Å². The van der Waals surface area contributed by atoms with Crippen molar-refractivity contribution in [3.63, 3.8) is 0 Å². The second-order valence-electron chi connectivity index (χ2n) is 10.6. The van der Waals surface area contributed by atoms with Gasteiger partial charge in [0.25, 0.3) is 0 Å². The van der Waals surface area contributed by atoms with Crippen molar-refractivity contribution in [1.82, 2.24) is 39.0 Å². The number of nitrogens with zero attached hydrogens (tertiary/aromatic N) is 9. The fourth-order valence-electron chi connectivity index (χ4n) is 5.73. The number of benzene rings is 1. The zero-order valence-electron chi connectivity index (χ0n) is 22.4. The molecule has 0 amide bonds. The number of fused-ring (bicyclic) bond motifs is 2. The normalized spacial score (nSPS) is 17.5. The van der Waals surface area contributed by atoms with Gasteiger partial charge in [0.1, 0.15) is 17.0 Å². The van der Waals surface area contributed by atoms with Crippen molar-refractivity contribution < 1.29 is 0 Å². The number of rotatable bonds is 5. The molecule has 6 heterocycles. The molecule has 1 aromatic carbocycles. The van der Waals surface area contributed by atoms with E-state index in [9.17, 15) is 0 Å². The summed E-state index contributed by atoms with van der Waals surface area (Å²) < 4.78 is 3.99. The van der Waals surface area contributed by atoms with Crippen LogP contribution in [0.25, 0.3) is 33.5 Å². The number of hydrogen-bond acceptors (Lipinski definition) is 9. The molecule has 1 atom stereocenters. The predicted octanol–water partition coefficient (Wildman–Crippen LogP) is 3.91. The molecule has 1 unspecified atom stereocenters. The molecule has 0 saturated carbocycles. The van der Waals surface area contributed by atoms with Gasteiger partial charge in [-0.15, -0.1) is 0 Å². The third kappa shape index (κ3) is 4.52. The molecular formula is C29H28ClN11. The summed E-state index contributed by atoms with van der Waals surface area (Å²) in [6.07, 6.45) is 8.69. The second-order valence-corrected chi connectivity index (χ2v) is 11.0. The van der Waals surface area contributed by atoms with Crippen LogP contribution in [0.1, 0.15) is 24.1 Å². The SMILES string of the molecule is Cn1cnc2ccc(-c3cc(Cn4cnc5c(N)ncnc54)c(N4CCCC(N)(c5cccc(Cl)n5)C4)cn3)cc21. The minimum atomic E-state index is -0.646. The smallest absolute Gasteiger partial charge is 0.165 e. The molecule has 0 spiro atoms. The van der Waals surface area contributed by atoms with Crippen molar-refractivity contribution in [3.05, 3.63) is 84.1 Å². The molecule has 0 bridgehead atoms. The highest BCUT2D eigenvalue weighted by Crippen LogP contribution is 2.35. The maximum atomic E-state index is 6.99. The molecule has 1 fully saturated rings. The van der Waals surface area contributed by atoms with Gasteiger partial charge in [0, 0.05) is 25.7 Å². The fourth-order valence-corrected chi connectivity index (χ4v) is 5.89. The monoisotopic (exact) mass is 565 g/mol. The lowest BCUT2D eigenvalue weighted by atomic mass is 9.86. The topological polar surface area (TPSA) is 142 Å². The number of hydrogen-bond donors (Lipinski definition) is 2. The lowest BCUT2D eigenvalue weighted by molar-refractivity contribution is 0.345. The van der Waals surface area contributed by atoms with Crippen LogP contribution in [0, 0.1) is 0 Å². The largest absolute Gasteiger partial charge is 0.382 e. The zero-order chi connectivity index (χ0) is 28.1.